The number of amides is 3. The van der Waals surface area contributed by atoms with Crippen LogP contribution in [0.4, 0.5) is 4.79 Å². The Labute approximate surface area is 109 Å². The smallest absolute Gasteiger partial charge is 0.275 e. The van der Waals surface area contributed by atoms with Crippen LogP contribution in [0.2, 0.25) is 0 Å². The fourth-order valence-electron chi connectivity index (χ4n) is 1.62. The number of carbonyl (C=O) groups excluding carboxylic acids is 2. The van der Waals surface area contributed by atoms with Crippen LogP contribution in [0.5, 0.6) is 0 Å². The number of rotatable bonds is 2. The van der Waals surface area contributed by atoms with Gasteiger partial charge in [0.1, 0.15) is 0 Å². The molecule has 0 saturated carbocycles. The Hall–Kier alpha value is -2.26. The molecule has 0 aromatic heterocycles. The maximum absolute atomic E-state index is 11.7. The molecule has 0 spiro atoms. The van der Waals surface area contributed by atoms with Gasteiger partial charge in [0.15, 0.2) is 4.99 Å². The third kappa shape index (κ3) is 1.96. The van der Waals surface area contributed by atoms with Crippen molar-refractivity contribution in [1.29, 1.82) is 5.26 Å². The maximum Gasteiger partial charge on any atom is 0.332 e. The molecule has 5 nitrogen and oxygen atoms in total. The largest absolute Gasteiger partial charge is 0.332 e. The minimum absolute atomic E-state index is 0.00635. The number of hydrogen-bond donors (Lipinski definition) is 0. The third-order valence-corrected chi connectivity index (χ3v) is 3.07. The molecule has 0 atom stereocenters. The van der Waals surface area contributed by atoms with Crippen LogP contribution >= 0.6 is 12.2 Å². The second kappa shape index (κ2) is 4.55. The molecule has 2 rings (SSSR count). The van der Waals surface area contributed by atoms with E-state index in [4.69, 9.17) is 17.5 Å². The lowest BCUT2D eigenvalue weighted by molar-refractivity contribution is -0.119. The average molecular weight is 259 g/mol. The van der Waals surface area contributed by atoms with Crippen molar-refractivity contribution < 1.29 is 9.59 Å². The van der Waals surface area contributed by atoms with Gasteiger partial charge in [0.25, 0.3) is 5.91 Å². The van der Waals surface area contributed by atoms with Gasteiger partial charge in [0.05, 0.1) is 18.2 Å². The summed E-state index contributed by atoms with van der Waals surface area (Å²) in [7, 11) is 1.40. The van der Waals surface area contributed by atoms with E-state index in [1.807, 2.05) is 6.07 Å². The minimum atomic E-state index is -0.455. The van der Waals surface area contributed by atoms with Crippen molar-refractivity contribution in [1.82, 2.24) is 9.80 Å². The summed E-state index contributed by atoms with van der Waals surface area (Å²) in [6.07, 6.45) is 0. The highest BCUT2D eigenvalue weighted by molar-refractivity contribution is 7.82. The molecule has 0 unspecified atom stereocenters. The van der Waals surface area contributed by atoms with E-state index in [2.05, 4.69) is 0 Å². The van der Waals surface area contributed by atoms with E-state index in [-0.39, 0.29) is 11.5 Å². The van der Waals surface area contributed by atoms with E-state index in [9.17, 15) is 9.59 Å². The SMILES string of the molecule is CN1C(=O)C(=S)N(Cc2ccc(C#N)cc2)C1=O. The van der Waals surface area contributed by atoms with Gasteiger partial charge >= 0.3 is 6.03 Å². The molecule has 1 aromatic carbocycles. The lowest BCUT2D eigenvalue weighted by atomic mass is 10.1. The fraction of sp³-hybridized carbons (Fsp3) is 0.167. The van der Waals surface area contributed by atoms with Crippen LogP contribution in [-0.4, -0.2) is 33.8 Å². The Morgan fingerprint density at radius 1 is 1.28 bits per heavy atom. The second-order valence-corrected chi connectivity index (χ2v) is 4.23. The number of likely N-dealkylation sites (N-methyl/N-ethyl adjacent to an activating group) is 1. The second-order valence-electron chi connectivity index (χ2n) is 3.85. The number of carbonyl (C=O) groups is 2. The first-order chi connectivity index (χ1) is 8.54. The Morgan fingerprint density at radius 2 is 1.89 bits per heavy atom. The van der Waals surface area contributed by atoms with Gasteiger partial charge in [-0.25, -0.2) is 4.79 Å². The summed E-state index contributed by atoms with van der Waals surface area (Å²) < 4.78 is 0. The summed E-state index contributed by atoms with van der Waals surface area (Å²) in [5.74, 6) is -0.455. The van der Waals surface area contributed by atoms with Crippen molar-refractivity contribution in [3.05, 3.63) is 35.4 Å². The molecule has 3 amide bonds. The minimum Gasteiger partial charge on any atom is -0.275 e. The average Bonchev–Trinajstić information content (AvgIpc) is 2.57. The standard InChI is InChI=1S/C12H9N3O2S/c1-14-10(16)11(18)15(12(14)17)7-9-4-2-8(6-13)3-5-9/h2-5H,7H2,1H3. The summed E-state index contributed by atoms with van der Waals surface area (Å²) in [6.45, 7) is 0.236. The van der Waals surface area contributed by atoms with Gasteiger partial charge in [-0.1, -0.05) is 24.4 Å². The molecular formula is C12H9N3O2S. The molecule has 0 aliphatic carbocycles. The first-order valence-electron chi connectivity index (χ1n) is 5.17. The Morgan fingerprint density at radius 3 is 2.33 bits per heavy atom. The van der Waals surface area contributed by atoms with Gasteiger partial charge in [-0.3, -0.25) is 14.6 Å². The topological polar surface area (TPSA) is 64.4 Å². The van der Waals surface area contributed by atoms with Crippen LogP contribution in [0.3, 0.4) is 0 Å². The van der Waals surface area contributed by atoms with E-state index in [1.54, 1.807) is 24.3 Å². The number of hydrogen-bond acceptors (Lipinski definition) is 4. The predicted molar refractivity (Wildman–Crippen MR) is 67.5 cm³/mol. The summed E-state index contributed by atoms with van der Waals surface area (Å²) in [5, 5.41) is 8.68. The van der Waals surface area contributed by atoms with Gasteiger partial charge in [0, 0.05) is 7.05 Å². The molecule has 0 bridgehead atoms. The van der Waals surface area contributed by atoms with E-state index < -0.39 is 11.9 Å². The Bertz CT molecular complexity index is 574. The monoisotopic (exact) mass is 259 g/mol. The molecule has 0 radical (unpaired) electrons. The van der Waals surface area contributed by atoms with Crippen molar-refractivity contribution in [2.75, 3.05) is 7.05 Å². The summed E-state index contributed by atoms with van der Waals surface area (Å²) in [5.41, 5.74) is 1.36. The fourth-order valence-corrected chi connectivity index (χ4v) is 1.90. The number of nitrogens with zero attached hydrogens (tertiary/aromatic N) is 3. The van der Waals surface area contributed by atoms with E-state index in [0.717, 1.165) is 10.5 Å². The lowest BCUT2D eigenvalue weighted by Crippen LogP contribution is -2.30. The number of imide groups is 1. The molecule has 90 valence electrons. The number of urea groups is 1. The Balaban J connectivity index is 2.19. The van der Waals surface area contributed by atoms with Crippen LogP contribution < -0.4 is 0 Å². The van der Waals surface area contributed by atoms with Crippen molar-refractivity contribution >= 4 is 29.1 Å². The lowest BCUT2D eigenvalue weighted by Gasteiger charge is -2.14. The quantitative estimate of drug-likeness (QED) is 0.593. The third-order valence-electron chi connectivity index (χ3n) is 2.67. The van der Waals surface area contributed by atoms with E-state index in [1.165, 1.54) is 11.9 Å². The van der Waals surface area contributed by atoms with Gasteiger partial charge in [-0.15, -0.1) is 0 Å². The predicted octanol–water partition coefficient (Wildman–Crippen LogP) is 1.28. The van der Waals surface area contributed by atoms with Gasteiger partial charge in [-0.2, -0.15) is 5.26 Å². The summed E-state index contributed by atoms with van der Waals surface area (Å²) >= 11 is 4.93. The zero-order chi connectivity index (χ0) is 13.3. The molecule has 1 fully saturated rings. The molecule has 1 aromatic rings. The van der Waals surface area contributed by atoms with E-state index >= 15 is 0 Å². The summed E-state index contributed by atoms with van der Waals surface area (Å²) in [6, 6.07) is 8.37. The number of nitriles is 1. The molecule has 1 heterocycles. The van der Waals surface area contributed by atoms with Crippen molar-refractivity contribution in [2.45, 2.75) is 6.54 Å². The van der Waals surface area contributed by atoms with E-state index in [0.29, 0.717) is 5.56 Å². The van der Waals surface area contributed by atoms with Crippen LogP contribution in [0.25, 0.3) is 0 Å². The van der Waals surface area contributed by atoms with Gasteiger partial charge in [0.2, 0.25) is 0 Å². The molecule has 0 N–H and O–H groups in total. The van der Waals surface area contributed by atoms with Crippen LogP contribution in [-0.2, 0) is 11.3 Å². The normalized spacial score (nSPS) is 15.2. The van der Waals surface area contributed by atoms with Crippen LogP contribution in [0, 0.1) is 11.3 Å². The summed E-state index contributed by atoms with van der Waals surface area (Å²) in [4.78, 5) is 25.5. The van der Waals surface area contributed by atoms with Crippen molar-refractivity contribution in [3.8, 4) is 6.07 Å². The number of benzene rings is 1. The first kappa shape index (κ1) is 12.2. The molecular weight excluding hydrogens is 250 g/mol. The highest BCUT2D eigenvalue weighted by atomic mass is 32.1. The number of thiocarbonyl (C=S) groups is 1. The van der Waals surface area contributed by atoms with Crippen LogP contribution in [0.1, 0.15) is 11.1 Å². The zero-order valence-electron chi connectivity index (χ0n) is 9.58. The van der Waals surface area contributed by atoms with Crippen molar-refractivity contribution in [2.24, 2.45) is 0 Å². The molecule has 18 heavy (non-hydrogen) atoms. The first-order valence-corrected chi connectivity index (χ1v) is 5.58. The molecule has 1 aliphatic rings. The molecule has 1 saturated heterocycles. The molecule has 1 aliphatic heterocycles. The van der Waals surface area contributed by atoms with Gasteiger partial charge in [-0.05, 0) is 17.7 Å². The van der Waals surface area contributed by atoms with Crippen LogP contribution in [0.15, 0.2) is 24.3 Å². The van der Waals surface area contributed by atoms with Crippen molar-refractivity contribution in [3.63, 3.8) is 0 Å². The zero-order valence-corrected chi connectivity index (χ0v) is 10.4. The highest BCUT2D eigenvalue weighted by Crippen LogP contribution is 2.15. The maximum atomic E-state index is 11.7. The highest BCUT2D eigenvalue weighted by Gasteiger charge is 2.38. The molecule has 6 heteroatoms. The van der Waals surface area contributed by atoms with Gasteiger partial charge < -0.3 is 0 Å². The Kier molecular flexibility index (Phi) is 3.08.